The van der Waals surface area contributed by atoms with E-state index in [-0.39, 0.29) is 0 Å². The van der Waals surface area contributed by atoms with E-state index in [2.05, 4.69) is 37.9 Å². The molecule has 1 N–H and O–H groups in total. The van der Waals surface area contributed by atoms with Crippen LogP contribution in [0.5, 0.6) is 0 Å². The van der Waals surface area contributed by atoms with Crippen molar-refractivity contribution in [2.24, 2.45) is 5.92 Å². The fourth-order valence-electron chi connectivity index (χ4n) is 2.19. The molecule has 1 aliphatic rings. The van der Waals surface area contributed by atoms with E-state index in [4.69, 9.17) is 0 Å². The van der Waals surface area contributed by atoms with Crippen LogP contribution in [0.25, 0.3) is 0 Å². The summed E-state index contributed by atoms with van der Waals surface area (Å²) in [6.07, 6.45) is 1.38. The molecule has 0 aromatic carbocycles. The van der Waals surface area contributed by atoms with Gasteiger partial charge in [0.25, 0.3) is 0 Å². The molecule has 1 fully saturated rings. The van der Waals surface area contributed by atoms with Crippen LogP contribution in [0.1, 0.15) is 34.1 Å². The zero-order chi connectivity index (χ0) is 9.84. The molecule has 78 valence electrons. The van der Waals surface area contributed by atoms with Crippen LogP contribution < -0.4 is 5.32 Å². The highest BCUT2D eigenvalue weighted by Crippen LogP contribution is 2.21. The Bertz CT molecular complexity index is 145. The lowest BCUT2D eigenvalue weighted by Crippen LogP contribution is -2.36. The van der Waals surface area contributed by atoms with E-state index in [1.165, 1.54) is 19.5 Å². The van der Waals surface area contributed by atoms with E-state index in [0.717, 1.165) is 18.5 Å². The fraction of sp³-hybridized carbons (Fsp3) is 1.00. The van der Waals surface area contributed by atoms with Gasteiger partial charge in [-0.15, -0.1) is 0 Å². The highest BCUT2D eigenvalue weighted by Gasteiger charge is 2.24. The summed E-state index contributed by atoms with van der Waals surface area (Å²) in [6.45, 7) is 12.7. The van der Waals surface area contributed by atoms with Gasteiger partial charge in [0.1, 0.15) is 0 Å². The van der Waals surface area contributed by atoms with Crippen molar-refractivity contribution in [2.45, 2.75) is 46.2 Å². The van der Waals surface area contributed by atoms with Crippen LogP contribution in [0.15, 0.2) is 0 Å². The zero-order valence-electron chi connectivity index (χ0n) is 9.51. The lowest BCUT2D eigenvalue weighted by atomic mass is 10.1. The first-order chi connectivity index (χ1) is 6.09. The quantitative estimate of drug-likeness (QED) is 0.715. The van der Waals surface area contributed by atoms with Crippen molar-refractivity contribution < 1.29 is 0 Å². The number of rotatable bonds is 4. The van der Waals surface area contributed by atoms with Crippen molar-refractivity contribution in [1.29, 1.82) is 0 Å². The molecule has 1 heterocycles. The van der Waals surface area contributed by atoms with Gasteiger partial charge >= 0.3 is 0 Å². The van der Waals surface area contributed by atoms with E-state index >= 15 is 0 Å². The van der Waals surface area contributed by atoms with Crippen LogP contribution in [0.3, 0.4) is 0 Å². The van der Waals surface area contributed by atoms with Crippen molar-refractivity contribution in [3.8, 4) is 0 Å². The summed E-state index contributed by atoms with van der Waals surface area (Å²) in [6, 6.07) is 1.42. The molecule has 0 aromatic rings. The standard InChI is InChI=1S/C11H24N2/c1-9(2)12-5-6-13-8-10(3)7-11(13)4/h9-12H,5-8H2,1-4H3. The summed E-state index contributed by atoms with van der Waals surface area (Å²) in [4.78, 5) is 2.60. The maximum atomic E-state index is 3.47. The Morgan fingerprint density at radius 1 is 1.38 bits per heavy atom. The molecule has 0 radical (unpaired) electrons. The third-order valence-electron chi connectivity index (χ3n) is 2.86. The van der Waals surface area contributed by atoms with Gasteiger partial charge in [-0.05, 0) is 19.3 Å². The predicted molar refractivity (Wildman–Crippen MR) is 58.0 cm³/mol. The van der Waals surface area contributed by atoms with E-state index in [1.807, 2.05) is 0 Å². The topological polar surface area (TPSA) is 15.3 Å². The van der Waals surface area contributed by atoms with Crippen LogP contribution in [0, 0.1) is 5.92 Å². The third kappa shape index (κ3) is 3.65. The van der Waals surface area contributed by atoms with Crippen molar-refractivity contribution >= 4 is 0 Å². The monoisotopic (exact) mass is 184 g/mol. The molecule has 0 aromatic heterocycles. The highest BCUT2D eigenvalue weighted by atomic mass is 15.2. The second-order valence-corrected chi connectivity index (χ2v) is 4.79. The Morgan fingerprint density at radius 3 is 2.54 bits per heavy atom. The molecule has 1 aliphatic heterocycles. The van der Waals surface area contributed by atoms with Gasteiger partial charge in [-0.3, -0.25) is 4.90 Å². The SMILES string of the molecule is CC1CC(C)N(CCNC(C)C)C1. The zero-order valence-corrected chi connectivity index (χ0v) is 9.51. The van der Waals surface area contributed by atoms with Gasteiger partial charge in [0.15, 0.2) is 0 Å². The lowest BCUT2D eigenvalue weighted by molar-refractivity contribution is 0.262. The van der Waals surface area contributed by atoms with Crippen LogP contribution in [0.4, 0.5) is 0 Å². The van der Waals surface area contributed by atoms with Gasteiger partial charge in [-0.25, -0.2) is 0 Å². The van der Waals surface area contributed by atoms with Crippen LogP contribution >= 0.6 is 0 Å². The average Bonchev–Trinajstić information content (AvgIpc) is 2.29. The molecule has 1 saturated heterocycles. The van der Waals surface area contributed by atoms with Crippen LogP contribution in [-0.4, -0.2) is 36.6 Å². The van der Waals surface area contributed by atoms with E-state index < -0.39 is 0 Å². The summed E-state index contributed by atoms with van der Waals surface area (Å²) < 4.78 is 0. The molecule has 0 saturated carbocycles. The molecule has 13 heavy (non-hydrogen) atoms. The Labute approximate surface area is 82.7 Å². The second-order valence-electron chi connectivity index (χ2n) is 4.79. The number of nitrogens with zero attached hydrogens (tertiary/aromatic N) is 1. The largest absolute Gasteiger partial charge is 0.313 e. The Morgan fingerprint density at radius 2 is 2.08 bits per heavy atom. The molecule has 0 amide bonds. The van der Waals surface area contributed by atoms with Crippen molar-refractivity contribution in [3.05, 3.63) is 0 Å². The fourth-order valence-corrected chi connectivity index (χ4v) is 2.19. The summed E-state index contributed by atoms with van der Waals surface area (Å²) in [7, 11) is 0. The molecule has 2 nitrogen and oxygen atoms in total. The van der Waals surface area contributed by atoms with Gasteiger partial charge in [-0.1, -0.05) is 20.8 Å². The number of likely N-dealkylation sites (tertiary alicyclic amines) is 1. The van der Waals surface area contributed by atoms with Crippen molar-refractivity contribution in [2.75, 3.05) is 19.6 Å². The maximum absolute atomic E-state index is 3.47. The lowest BCUT2D eigenvalue weighted by Gasteiger charge is -2.21. The smallest absolute Gasteiger partial charge is 0.0110 e. The minimum Gasteiger partial charge on any atom is -0.313 e. The number of hydrogen-bond acceptors (Lipinski definition) is 2. The van der Waals surface area contributed by atoms with E-state index in [1.54, 1.807) is 0 Å². The Balaban J connectivity index is 2.14. The van der Waals surface area contributed by atoms with Gasteiger partial charge in [0.2, 0.25) is 0 Å². The predicted octanol–water partition coefficient (Wildman–Crippen LogP) is 1.71. The highest BCUT2D eigenvalue weighted by molar-refractivity contribution is 4.80. The number of hydrogen-bond donors (Lipinski definition) is 1. The van der Waals surface area contributed by atoms with Crippen LogP contribution in [-0.2, 0) is 0 Å². The molecule has 0 aliphatic carbocycles. The molecule has 0 bridgehead atoms. The Kier molecular flexibility index (Phi) is 4.20. The van der Waals surface area contributed by atoms with Gasteiger partial charge in [0, 0.05) is 31.7 Å². The first-order valence-corrected chi connectivity index (χ1v) is 5.57. The van der Waals surface area contributed by atoms with Crippen molar-refractivity contribution in [1.82, 2.24) is 10.2 Å². The maximum Gasteiger partial charge on any atom is 0.0110 e. The molecule has 2 unspecified atom stereocenters. The van der Waals surface area contributed by atoms with Crippen molar-refractivity contribution in [3.63, 3.8) is 0 Å². The summed E-state index contributed by atoms with van der Waals surface area (Å²) in [5.74, 6) is 0.897. The molecular formula is C11H24N2. The van der Waals surface area contributed by atoms with E-state index in [0.29, 0.717) is 6.04 Å². The van der Waals surface area contributed by atoms with Gasteiger partial charge < -0.3 is 5.32 Å². The molecular weight excluding hydrogens is 160 g/mol. The van der Waals surface area contributed by atoms with Crippen LogP contribution in [0.2, 0.25) is 0 Å². The second kappa shape index (κ2) is 4.97. The summed E-state index contributed by atoms with van der Waals surface area (Å²) in [5.41, 5.74) is 0. The summed E-state index contributed by atoms with van der Waals surface area (Å²) >= 11 is 0. The molecule has 2 heteroatoms. The first kappa shape index (κ1) is 11.0. The molecule has 0 spiro atoms. The third-order valence-corrected chi connectivity index (χ3v) is 2.86. The van der Waals surface area contributed by atoms with E-state index in [9.17, 15) is 0 Å². The Hall–Kier alpha value is -0.0800. The van der Waals surface area contributed by atoms with Gasteiger partial charge in [0.05, 0.1) is 0 Å². The average molecular weight is 184 g/mol. The van der Waals surface area contributed by atoms with Gasteiger partial charge in [-0.2, -0.15) is 0 Å². The minimum atomic E-state index is 0.621. The summed E-state index contributed by atoms with van der Waals surface area (Å²) in [5, 5.41) is 3.47. The minimum absolute atomic E-state index is 0.621. The number of nitrogens with one attached hydrogen (secondary N) is 1. The first-order valence-electron chi connectivity index (χ1n) is 5.57. The molecule has 1 rings (SSSR count). The molecule has 2 atom stereocenters. The normalized spacial score (nSPS) is 30.2.